The molecule has 0 unspecified atom stereocenters. The molecule has 0 aromatic heterocycles. The largest absolute Gasteiger partial charge is 0.310 e. The van der Waals surface area contributed by atoms with Gasteiger partial charge in [-0.15, -0.1) is 0 Å². The molecular weight excluding hydrogens is 237 g/mol. The molecule has 2 heteroatoms. The van der Waals surface area contributed by atoms with E-state index in [1.54, 1.807) is 12.1 Å². The van der Waals surface area contributed by atoms with Crippen molar-refractivity contribution in [2.24, 2.45) is 0 Å². The van der Waals surface area contributed by atoms with Crippen molar-refractivity contribution in [3.63, 3.8) is 0 Å². The molecule has 108 valence electrons. The highest BCUT2D eigenvalue weighted by molar-refractivity contribution is 5.19. The Morgan fingerprint density at radius 3 is 2.42 bits per heavy atom. The van der Waals surface area contributed by atoms with Gasteiger partial charge in [0.25, 0.3) is 0 Å². The van der Waals surface area contributed by atoms with Crippen LogP contribution in [0, 0.1) is 5.82 Å². The molecule has 0 fully saturated rings. The van der Waals surface area contributed by atoms with Gasteiger partial charge in [0.15, 0.2) is 0 Å². The van der Waals surface area contributed by atoms with E-state index in [0.717, 1.165) is 12.1 Å². The average Bonchev–Trinajstić information content (AvgIpc) is 2.41. The summed E-state index contributed by atoms with van der Waals surface area (Å²) in [5.74, 6) is -0.151. The molecule has 19 heavy (non-hydrogen) atoms. The first-order chi connectivity index (χ1) is 9.24. The van der Waals surface area contributed by atoms with Gasteiger partial charge in [-0.1, -0.05) is 57.6 Å². The molecule has 0 radical (unpaired) electrons. The lowest BCUT2D eigenvalue weighted by Crippen LogP contribution is -2.19. The molecule has 1 nitrogen and oxygen atoms in total. The van der Waals surface area contributed by atoms with Crippen LogP contribution in [0.2, 0.25) is 0 Å². The van der Waals surface area contributed by atoms with Crippen LogP contribution in [0.15, 0.2) is 24.3 Å². The van der Waals surface area contributed by atoms with Crippen LogP contribution in [0.25, 0.3) is 0 Å². The minimum atomic E-state index is -0.151. The molecule has 1 atom stereocenters. The van der Waals surface area contributed by atoms with E-state index in [2.05, 4.69) is 19.2 Å². The van der Waals surface area contributed by atoms with Crippen LogP contribution >= 0.6 is 0 Å². The predicted molar refractivity (Wildman–Crippen MR) is 80.8 cm³/mol. The highest BCUT2D eigenvalue weighted by atomic mass is 19.1. The molecule has 0 bridgehead atoms. The van der Waals surface area contributed by atoms with Crippen molar-refractivity contribution < 1.29 is 4.39 Å². The van der Waals surface area contributed by atoms with Crippen LogP contribution in [0.5, 0.6) is 0 Å². The van der Waals surface area contributed by atoms with Crippen LogP contribution in [0.1, 0.15) is 70.4 Å². The number of unbranched alkanes of at least 4 members (excludes halogenated alkanes) is 6. The Morgan fingerprint density at radius 1 is 1.05 bits per heavy atom. The molecule has 0 aliphatic heterocycles. The van der Waals surface area contributed by atoms with Gasteiger partial charge in [0.2, 0.25) is 0 Å². The number of hydrogen-bond donors (Lipinski definition) is 1. The minimum absolute atomic E-state index is 0.151. The van der Waals surface area contributed by atoms with Crippen molar-refractivity contribution >= 4 is 0 Å². The fourth-order valence-electron chi connectivity index (χ4n) is 2.29. The van der Waals surface area contributed by atoms with Gasteiger partial charge in [-0.25, -0.2) is 4.39 Å². The Bertz CT molecular complexity index is 338. The first-order valence-electron chi connectivity index (χ1n) is 7.73. The second-order valence-electron chi connectivity index (χ2n) is 5.35. The third-order valence-electron chi connectivity index (χ3n) is 3.58. The Labute approximate surface area is 117 Å². The zero-order valence-corrected chi connectivity index (χ0v) is 12.4. The standard InChI is InChI=1S/C17H28FN/c1-3-4-5-6-7-8-9-13-19-15(2)16-11-10-12-17(18)14-16/h10-12,14-15,19H,3-9,13H2,1-2H3/t15-/m0/s1. The number of nitrogens with one attached hydrogen (secondary N) is 1. The quantitative estimate of drug-likeness (QED) is 0.571. The van der Waals surface area contributed by atoms with Crippen LogP contribution in [-0.2, 0) is 0 Å². The molecule has 1 N–H and O–H groups in total. The lowest BCUT2D eigenvalue weighted by Gasteiger charge is -2.14. The van der Waals surface area contributed by atoms with Gasteiger partial charge < -0.3 is 5.32 Å². The van der Waals surface area contributed by atoms with Crippen molar-refractivity contribution in [3.8, 4) is 0 Å². The summed E-state index contributed by atoms with van der Waals surface area (Å²) in [5, 5.41) is 3.46. The summed E-state index contributed by atoms with van der Waals surface area (Å²) in [6.45, 7) is 5.36. The third-order valence-corrected chi connectivity index (χ3v) is 3.58. The molecule has 0 spiro atoms. The van der Waals surface area contributed by atoms with E-state index < -0.39 is 0 Å². The Balaban J connectivity index is 2.06. The van der Waals surface area contributed by atoms with E-state index in [9.17, 15) is 4.39 Å². The van der Waals surface area contributed by atoms with Crippen molar-refractivity contribution in [2.45, 2.75) is 64.8 Å². The van der Waals surface area contributed by atoms with Gasteiger partial charge in [0.05, 0.1) is 0 Å². The lowest BCUT2D eigenvalue weighted by atomic mass is 10.1. The molecule has 0 saturated carbocycles. The van der Waals surface area contributed by atoms with Gasteiger partial charge in [0.1, 0.15) is 5.82 Å². The minimum Gasteiger partial charge on any atom is -0.310 e. The van der Waals surface area contributed by atoms with Crippen molar-refractivity contribution in [1.82, 2.24) is 5.32 Å². The van der Waals surface area contributed by atoms with Gasteiger partial charge in [-0.3, -0.25) is 0 Å². The smallest absolute Gasteiger partial charge is 0.123 e. The zero-order chi connectivity index (χ0) is 13.9. The van der Waals surface area contributed by atoms with Gasteiger partial charge >= 0.3 is 0 Å². The van der Waals surface area contributed by atoms with E-state index in [1.807, 2.05) is 6.07 Å². The summed E-state index contributed by atoms with van der Waals surface area (Å²) in [4.78, 5) is 0. The van der Waals surface area contributed by atoms with Gasteiger partial charge in [-0.2, -0.15) is 0 Å². The molecule has 1 rings (SSSR count). The molecular formula is C17H28FN. The van der Waals surface area contributed by atoms with Crippen LogP contribution in [0.3, 0.4) is 0 Å². The zero-order valence-electron chi connectivity index (χ0n) is 12.4. The maximum absolute atomic E-state index is 13.1. The van der Waals surface area contributed by atoms with Crippen molar-refractivity contribution in [3.05, 3.63) is 35.6 Å². The number of benzene rings is 1. The highest BCUT2D eigenvalue weighted by Gasteiger charge is 2.04. The second kappa shape index (κ2) is 9.96. The Morgan fingerprint density at radius 2 is 1.74 bits per heavy atom. The lowest BCUT2D eigenvalue weighted by molar-refractivity contribution is 0.521. The molecule has 1 aromatic carbocycles. The second-order valence-corrected chi connectivity index (χ2v) is 5.35. The summed E-state index contributed by atoms with van der Waals surface area (Å²) in [7, 11) is 0. The highest BCUT2D eigenvalue weighted by Crippen LogP contribution is 2.13. The van der Waals surface area contributed by atoms with Crippen LogP contribution in [-0.4, -0.2) is 6.54 Å². The number of rotatable bonds is 10. The molecule has 0 amide bonds. The molecule has 0 heterocycles. The van der Waals surface area contributed by atoms with E-state index in [1.165, 1.54) is 51.0 Å². The summed E-state index contributed by atoms with van der Waals surface area (Å²) in [5.41, 5.74) is 1.03. The number of hydrogen-bond acceptors (Lipinski definition) is 1. The fraction of sp³-hybridized carbons (Fsp3) is 0.647. The maximum Gasteiger partial charge on any atom is 0.123 e. The first-order valence-corrected chi connectivity index (χ1v) is 7.73. The van der Waals surface area contributed by atoms with Crippen LogP contribution in [0.4, 0.5) is 4.39 Å². The monoisotopic (exact) mass is 265 g/mol. The Kier molecular flexibility index (Phi) is 8.48. The van der Waals surface area contributed by atoms with E-state index in [0.29, 0.717) is 0 Å². The molecule has 0 aliphatic carbocycles. The maximum atomic E-state index is 13.1. The topological polar surface area (TPSA) is 12.0 Å². The van der Waals surface area contributed by atoms with E-state index >= 15 is 0 Å². The fourth-order valence-corrected chi connectivity index (χ4v) is 2.29. The summed E-state index contributed by atoms with van der Waals surface area (Å²) >= 11 is 0. The third kappa shape index (κ3) is 7.31. The SMILES string of the molecule is CCCCCCCCCN[C@@H](C)c1cccc(F)c1. The van der Waals surface area contributed by atoms with Crippen molar-refractivity contribution in [1.29, 1.82) is 0 Å². The number of halogens is 1. The molecule has 0 aliphatic rings. The normalized spacial score (nSPS) is 12.6. The predicted octanol–water partition coefficient (Wildman–Crippen LogP) is 5.23. The summed E-state index contributed by atoms with van der Waals surface area (Å²) in [6.07, 6.45) is 9.28. The summed E-state index contributed by atoms with van der Waals surface area (Å²) < 4.78 is 13.1. The molecule has 1 aromatic rings. The average molecular weight is 265 g/mol. The summed E-state index contributed by atoms with van der Waals surface area (Å²) in [6, 6.07) is 7.09. The van der Waals surface area contributed by atoms with E-state index in [4.69, 9.17) is 0 Å². The van der Waals surface area contributed by atoms with E-state index in [-0.39, 0.29) is 11.9 Å². The van der Waals surface area contributed by atoms with Gasteiger partial charge in [-0.05, 0) is 37.6 Å². The van der Waals surface area contributed by atoms with Gasteiger partial charge in [0, 0.05) is 6.04 Å². The van der Waals surface area contributed by atoms with Crippen LogP contribution < -0.4 is 5.32 Å². The van der Waals surface area contributed by atoms with Crippen molar-refractivity contribution in [2.75, 3.05) is 6.54 Å². The Hall–Kier alpha value is -0.890. The molecule has 0 saturated heterocycles. The first kappa shape index (κ1) is 16.2.